The largest absolute Gasteiger partial charge is 0.358 e. The maximum Gasteiger partial charge on any atom is 0.349 e. The number of imidazole rings is 1. The lowest BCUT2D eigenvalue weighted by molar-refractivity contribution is -0.392. The average molecular weight is 333 g/mol. The Morgan fingerprint density at radius 1 is 1.41 bits per heavy atom. The molecule has 0 N–H and O–H groups in total. The molecule has 7 nitrogen and oxygen atoms in total. The zero-order valence-corrected chi connectivity index (χ0v) is 12.1. The number of aromatic nitrogens is 3. The average Bonchev–Trinajstić information content (AvgIpc) is 2.78. The highest BCUT2D eigenvalue weighted by Crippen LogP contribution is 2.31. The Kier molecular flexibility index (Phi) is 4.27. The molecule has 2 aromatic heterocycles. The molecule has 0 amide bonds. The quantitative estimate of drug-likeness (QED) is 0.477. The number of nitro groups is 1. The van der Waals surface area contributed by atoms with E-state index in [0.717, 1.165) is 29.1 Å². The monoisotopic (exact) mass is 332 g/mol. The van der Waals surface area contributed by atoms with Crippen LogP contribution in [0.4, 0.5) is 14.6 Å². The summed E-state index contributed by atoms with van der Waals surface area (Å²) in [7, 11) is 0. The zero-order chi connectivity index (χ0) is 16.5. The molecule has 0 fully saturated rings. The van der Waals surface area contributed by atoms with E-state index in [1.165, 1.54) is 4.57 Å². The van der Waals surface area contributed by atoms with E-state index < -0.39 is 21.4 Å². The van der Waals surface area contributed by atoms with Crippen LogP contribution in [-0.4, -0.2) is 19.0 Å². The first-order chi connectivity index (χ1) is 10.2. The van der Waals surface area contributed by atoms with Crippen LogP contribution >= 0.6 is 11.6 Å². The van der Waals surface area contributed by atoms with Gasteiger partial charge in [0.1, 0.15) is 12.7 Å². The van der Waals surface area contributed by atoms with Gasteiger partial charge in [-0.15, -0.1) is 0 Å². The maximum atomic E-state index is 13.1. The number of halogens is 3. The zero-order valence-electron chi connectivity index (χ0n) is 11.4. The van der Waals surface area contributed by atoms with E-state index >= 15 is 0 Å². The van der Waals surface area contributed by atoms with Gasteiger partial charge in [-0.2, -0.15) is 8.78 Å². The maximum absolute atomic E-state index is 13.1. The second-order valence-electron chi connectivity index (χ2n) is 4.52. The first-order valence-electron chi connectivity index (χ1n) is 6.14. The van der Waals surface area contributed by atoms with Gasteiger partial charge in [-0.05, 0) is 22.6 Å². The predicted molar refractivity (Wildman–Crippen MR) is 74.1 cm³/mol. The number of hydrogen-bond donors (Lipinski definition) is 0. The molecule has 118 valence electrons. The predicted octanol–water partition coefficient (Wildman–Crippen LogP) is 2.25. The van der Waals surface area contributed by atoms with Crippen LogP contribution in [0.5, 0.6) is 0 Å². The molecule has 0 aliphatic rings. The SMILES string of the molecule is Cc1ncc([N+](=O)[O-])n1CCn1cc(C(F)(F)Cl)ccc1=O. The van der Waals surface area contributed by atoms with E-state index in [4.69, 9.17) is 11.6 Å². The summed E-state index contributed by atoms with van der Waals surface area (Å²) in [6, 6.07) is 1.91. The highest BCUT2D eigenvalue weighted by Gasteiger charge is 2.28. The lowest BCUT2D eigenvalue weighted by Crippen LogP contribution is -2.23. The van der Waals surface area contributed by atoms with Gasteiger partial charge in [0.2, 0.25) is 0 Å². The molecule has 0 atom stereocenters. The van der Waals surface area contributed by atoms with Crippen molar-refractivity contribution < 1.29 is 13.7 Å². The van der Waals surface area contributed by atoms with E-state index in [1.807, 2.05) is 0 Å². The minimum Gasteiger partial charge on any atom is -0.358 e. The summed E-state index contributed by atoms with van der Waals surface area (Å²) in [4.78, 5) is 25.8. The van der Waals surface area contributed by atoms with Crippen molar-refractivity contribution in [2.45, 2.75) is 25.4 Å². The third-order valence-electron chi connectivity index (χ3n) is 3.10. The van der Waals surface area contributed by atoms with Gasteiger partial charge in [0, 0.05) is 19.2 Å². The summed E-state index contributed by atoms with van der Waals surface area (Å²) < 4.78 is 28.4. The number of alkyl halides is 3. The Morgan fingerprint density at radius 3 is 2.68 bits per heavy atom. The van der Waals surface area contributed by atoms with Gasteiger partial charge >= 0.3 is 11.2 Å². The number of rotatable bonds is 5. The van der Waals surface area contributed by atoms with Crippen molar-refractivity contribution >= 4 is 17.4 Å². The second kappa shape index (κ2) is 5.84. The van der Waals surface area contributed by atoms with E-state index in [0.29, 0.717) is 5.82 Å². The highest BCUT2D eigenvalue weighted by atomic mass is 35.5. The number of hydrogen-bond acceptors (Lipinski definition) is 4. The molecule has 0 spiro atoms. The Bertz CT molecular complexity index is 766. The molecule has 0 radical (unpaired) electrons. The van der Waals surface area contributed by atoms with Crippen LogP contribution in [0.3, 0.4) is 0 Å². The standard InChI is InChI=1S/C12H11ClF2N4O3/c1-8-16-6-10(19(21)22)18(8)5-4-17-7-9(12(13,14)15)2-3-11(17)20/h2-3,6-7H,4-5H2,1H3. The van der Waals surface area contributed by atoms with Crippen LogP contribution in [0.15, 0.2) is 29.3 Å². The van der Waals surface area contributed by atoms with Crippen molar-refractivity contribution in [2.75, 3.05) is 0 Å². The van der Waals surface area contributed by atoms with Crippen LogP contribution < -0.4 is 5.56 Å². The molecule has 0 aromatic carbocycles. The number of pyridine rings is 1. The lowest BCUT2D eigenvalue weighted by atomic mass is 10.3. The van der Waals surface area contributed by atoms with Crippen molar-refractivity contribution in [3.05, 3.63) is 56.4 Å². The number of aryl methyl sites for hydroxylation is 2. The highest BCUT2D eigenvalue weighted by molar-refractivity contribution is 6.21. The molecule has 0 bridgehead atoms. The fraction of sp³-hybridized carbons (Fsp3) is 0.333. The molecule has 2 aromatic rings. The van der Waals surface area contributed by atoms with Crippen molar-refractivity contribution in [1.82, 2.24) is 14.1 Å². The molecule has 22 heavy (non-hydrogen) atoms. The molecule has 0 saturated carbocycles. The van der Waals surface area contributed by atoms with Gasteiger partial charge in [-0.3, -0.25) is 4.79 Å². The van der Waals surface area contributed by atoms with Gasteiger partial charge in [0.15, 0.2) is 5.82 Å². The minimum atomic E-state index is -3.59. The molecule has 2 rings (SSSR count). The normalized spacial score (nSPS) is 11.6. The van der Waals surface area contributed by atoms with Crippen molar-refractivity contribution in [2.24, 2.45) is 0 Å². The first kappa shape index (κ1) is 16.1. The smallest absolute Gasteiger partial charge is 0.349 e. The van der Waals surface area contributed by atoms with E-state index in [9.17, 15) is 23.7 Å². The van der Waals surface area contributed by atoms with Gasteiger partial charge in [0.25, 0.3) is 5.56 Å². The molecular formula is C12H11ClF2N4O3. The summed E-state index contributed by atoms with van der Waals surface area (Å²) in [5, 5.41) is 7.27. The summed E-state index contributed by atoms with van der Waals surface area (Å²) in [5.74, 6) is 0.156. The van der Waals surface area contributed by atoms with Crippen LogP contribution in [0.2, 0.25) is 0 Å². The second-order valence-corrected chi connectivity index (χ2v) is 4.99. The Hall–Kier alpha value is -2.29. The van der Waals surface area contributed by atoms with Gasteiger partial charge in [0.05, 0.1) is 12.1 Å². The van der Waals surface area contributed by atoms with E-state index in [1.54, 1.807) is 6.92 Å². The fourth-order valence-corrected chi connectivity index (χ4v) is 2.07. The Morgan fingerprint density at radius 2 is 2.09 bits per heavy atom. The first-order valence-corrected chi connectivity index (χ1v) is 6.52. The fourth-order valence-electron chi connectivity index (χ4n) is 1.96. The summed E-state index contributed by atoms with van der Waals surface area (Å²) in [6.45, 7) is 1.58. The number of nitrogens with zero attached hydrogens (tertiary/aromatic N) is 4. The van der Waals surface area contributed by atoms with E-state index in [-0.39, 0.29) is 18.9 Å². The van der Waals surface area contributed by atoms with Crippen molar-refractivity contribution in [3.63, 3.8) is 0 Å². The van der Waals surface area contributed by atoms with Crippen molar-refractivity contribution in [3.8, 4) is 0 Å². The van der Waals surface area contributed by atoms with E-state index in [2.05, 4.69) is 4.98 Å². The molecule has 10 heteroatoms. The summed E-state index contributed by atoms with van der Waals surface area (Å²) >= 11 is 4.92. The molecule has 0 saturated heterocycles. The molecule has 0 aliphatic carbocycles. The van der Waals surface area contributed by atoms with Gasteiger partial charge in [-0.25, -0.2) is 9.55 Å². The third-order valence-corrected chi connectivity index (χ3v) is 3.31. The van der Waals surface area contributed by atoms with Crippen LogP contribution in [0.1, 0.15) is 11.4 Å². The lowest BCUT2D eigenvalue weighted by Gasteiger charge is -2.11. The van der Waals surface area contributed by atoms with Crippen LogP contribution in [0, 0.1) is 17.0 Å². The summed E-state index contributed by atoms with van der Waals surface area (Å²) in [6.07, 6.45) is 2.04. The third kappa shape index (κ3) is 3.30. The summed E-state index contributed by atoms with van der Waals surface area (Å²) in [5.41, 5.74) is -1.03. The van der Waals surface area contributed by atoms with Gasteiger partial charge < -0.3 is 14.7 Å². The van der Waals surface area contributed by atoms with Crippen LogP contribution in [-0.2, 0) is 18.5 Å². The van der Waals surface area contributed by atoms with Crippen LogP contribution in [0.25, 0.3) is 0 Å². The molecule has 0 unspecified atom stereocenters. The molecular weight excluding hydrogens is 322 g/mol. The Balaban J connectivity index is 2.28. The molecule has 0 aliphatic heterocycles. The topological polar surface area (TPSA) is 83.0 Å². The Labute approximate surface area is 127 Å². The van der Waals surface area contributed by atoms with Crippen molar-refractivity contribution in [1.29, 1.82) is 0 Å². The van der Waals surface area contributed by atoms with Gasteiger partial charge in [-0.1, -0.05) is 0 Å². The molecule has 2 heterocycles. The minimum absolute atomic E-state index is 0.0301.